The van der Waals surface area contributed by atoms with Crippen LogP contribution in [0.15, 0.2) is 59.5 Å². The summed E-state index contributed by atoms with van der Waals surface area (Å²) in [5.41, 5.74) is 5.20. The number of aromatic nitrogens is 1. The van der Waals surface area contributed by atoms with Crippen molar-refractivity contribution in [3.05, 3.63) is 66.2 Å². The van der Waals surface area contributed by atoms with Crippen LogP contribution in [0.5, 0.6) is 0 Å². The topological polar surface area (TPSA) is 50.1 Å². The summed E-state index contributed by atoms with van der Waals surface area (Å²) in [7, 11) is 0. The highest BCUT2D eigenvalue weighted by Gasteiger charge is 2.08. The lowest BCUT2D eigenvalue weighted by Crippen LogP contribution is -2.22. The van der Waals surface area contributed by atoms with Crippen molar-refractivity contribution in [1.82, 2.24) is 4.98 Å². The number of thiol groups is 1. The number of hydrogen-bond acceptors (Lipinski definition) is 5. The summed E-state index contributed by atoms with van der Waals surface area (Å²) < 4.78 is 5.35. The summed E-state index contributed by atoms with van der Waals surface area (Å²) in [6.07, 6.45) is 3.16. The average molecular weight is 325 g/mol. The zero-order valence-corrected chi connectivity index (χ0v) is 14.0. The molecule has 2 aromatic carbocycles. The molecule has 0 saturated heterocycles. The molecule has 0 fully saturated rings. The largest absolute Gasteiger partial charge is 0.444 e. The molecule has 1 unspecified atom stereocenters. The Morgan fingerprint density at radius 3 is 2.48 bits per heavy atom. The molecule has 1 atom stereocenters. The first-order valence-electron chi connectivity index (χ1n) is 7.39. The van der Waals surface area contributed by atoms with Crippen LogP contribution in [0.3, 0.4) is 0 Å². The quantitative estimate of drug-likeness (QED) is 0.470. The molecular formula is C18H19N3OS. The maximum atomic E-state index is 5.35. The van der Waals surface area contributed by atoms with Crippen molar-refractivity contribution in [2.24, 2.45) is 0 Å². The summed E-state index contributed by atoms with van der Waals surface area (Å²) in [6.45, 7) is 4.11. The highest BCUT2D eigenvalue weighted by molar-refractivity contribution is 7.81. The minimum absolute atomic E-state index is 0.188. The van der Waals surface area contributed by atoms with Crippen molar-refractivity contribution in [3.63, 3.8) is 0 Å². The number of aryl methyl sites for hydroxylation is 2. The first-order valence-corrected chi connectivity index (χ1v) is 7.91. The van der Waals surface area contributed by atoms with Gasteiger partial charge in [-0.3, -0.25) is 0 Å². The molecule has 2 N–H and O–H groups in total. The minimum atomic E-state index is -0.188. The lowest BCUT2D eigenvalue weighted by molar-refractivity contribution is 0.571. The molecule has 0 radical (unpaired) electrons. The fraction of sp³-hybridized carbons (Fsp3) is 0.167. The van der Waals surface area contributed by atoms with Gasteiger partial charge in [0.05, 0.1) is 6.20 Å². The summed E-state index contributed by atoms with van der Waals surface area (Å²) in [4.78, 5) is 3.96. The van der Waals surface area contributed by atoms with E-state index in [2.05, 4.69) is 53.4 Å². The number of hydrogen-bond donors (Lipinski definition) is 3. The van der Waals surface area contributed by atoms with Gasteiger partial charge >= 0.3 is 0 Å². The molecule has 23 heavy (non-hydrogen) atoms. The monoisotopic (exact) mass is 325 g/mol. The predicted octanol–water partition coefficient (Wildman–Crippen LogP) is 4.70. The van der Waals surface area contributed by atoms with Crippen molar-refractivity contribution < 1.29 is 4.42 Å². The number of nitrogens with one attached hydrogen (secondary N) is 2. The van der Waals surface area contributed by atoms with Crippen LogP contribution in [-0.2, 0) is 0 Å². The van der Waals surface area contributed by atoms with Gasteiger partial charge in [-0.05, 0) is 55.3 Å². The van der Waals surface area contributed by atoms with Gasteiger partial charge in [0, 0.05) is 16.9 Å². The van der Waals surface area contributed by atoms with E-state index in [0.29, 0.717) is 0 Å². The number of oxazole rings is 1. The lowest BCUT2D eigenvalue weighted by Gasteiger charge is -2.18. The molecule has 0 bridgehead atoms. The van der Waals surface area contributed by atoms with E-state index in [4.69, 9.17) is 4.42 Å². The van der Waals surface area contributed by atoms with Gasteiger partial charge in [0.25, 0.3) is 0 Å². The maximum Gasteiger partial charge on any atom is 0.181 e. The second kappa shape index (κ2) is 6.79. The third-order valence-electron chi connectivity index (χ3n) is 3.55. The van der Waals surface area contributed by atoms with Crippen LogP contribution in [0, 0.1) is 13.8 Å². The number of nitrogens with zero attached hydrogens (tertiary/aromatic N) is 1. The molecule has 3 rings (SSSR count). The van der Waals surface area contributed by atoms with E-state index < -0.39 is 0 Å². The molecule has 1 heterocycles. The maximum absolute atomic E-state index is 5.35. The van der Waals surface area contributed by atoms with Crippen LogP contribution >= 0.6 is 12.6 Å². The van der Waals surface area contributed by atoms with E-state index in [0.717, 1.165) is 28.3 Å². The average Bonchev–Trinajstić information content (AvgIpc) is 3.01. The number of benzene rings is 2. The van der Waals surface area contributed by atoms with E-state index in [1.807, 2.05) is 31.2 Å². The Morgan fingerprint density at radius 1 is 1.04 bits per heavy atom. The highest BCUT2D eigenvalue weighted by atomic mass is 32.1. The van der Waals surface area contributed by atoms with Gasteiger partial charge in [-0.2, -0.15) is 0 Å². The Balaban J connectivity index is 1.69. The zero-order chi connectivity index (χ0) is 16.2. The first kappa shape index (κ1) is 15.5. The lowest BCUT2D eigenvalue weighted by atomic mass is 10.1. The molecule has 3 aromatic rings. The number of rotatable bonds is 5. The van der Waals surface area contributed by atoms with Gasteiger partial charge in [0.15, 0.2) is 12.2 Å². The van der Waals surface area contributed by atoms with Crippen LogP contribution in [0.4, 0.5) is 11.4 Å². The van der Waals surface area contributed by atoms with Gasteiger partial charge in [-0.25, -0.2) is 4.98 Å². The molecular weight excluding hydrogens is 306 g/mol. The molecule has 118 valence electrons. The molecule has 0 spiro atoms. The Bertz CT molecular complexity index is 787. The molecule has 5 heteroatoms. The molecule has 0 aliphatic rings. The molecule has 0 aliphatic carbocycles. The van der Waals surface area contributed by atoms with E-state index in [-0.39, 0.29) is 5.50 Å². The fourth-order valence-corrected chi connectivity index (χ4v) is 2.76. The normalized spacial score (nSPS) is 12.0. The van der Waals surface area contributed by atoms with E-state index in [9.17, 15) is 0 Å². The smallest absolute Gasteiger partial charge is 0.181 e. The van der Waals surface area contributed by atoms with Crippen molar-refractivity contribution in [2.75, 3.05) is 10.6 Å². The van der Waals surface area contributed by atoms with Gasteiger partial charge in [-0.15, -0.1) is 12.6 Å². The van der Waals surface area contributed by atoms with Crippen LogP contribution in [0.2, 0.25) is 0 Å². The van der Waals surface area contributed by atoms with Crippen molar-refractivity contribution in [2.45, 2.75) is 19.3 Å². The molecule has 0 amide bonds. The van der Waals surface area contributed by atoms with E-state index >= 15 is 0 Å². The predicted molar refractivity (Wildman–Crippen MR) is 97.9 cm³/mol. The summed E-state index contributed by atoms with van der Waals surface area (Å²) in [5.74, 6) is 0.773. The fourth-order valence-electron chi connectivity index (χ4n) is 2.47. The third kappa shape index (κ3) is 3.87. The molecule has 1 aromatic heterocycles. The van der Waals surface area contributed by atoms with Crippen LogP contribution in [-0.4, -0.2) is 10.5 Å². The third-order valence-corrected chi connectivity index (χ3v) is 3.81. The summed E-state index contributed by atoms with van der Waals surface area (Å²) in [5, 5.41) is 6.65. The van der Waals surface area contributed by atoms with Gasteiger partial charge in [0.1, 0.15) is 5.50 Å². The van der Waals surface area contributed by atoms with E-state index in [1.165, 1.54) is 12.0 Å². The van der Waals surface area contributed by atoms with Crippen molar-refractivity contribution in [1.29, 1.82) is 0 Å². The zero-order valence-electron chi connectivity index (χ0n) is 13.1. The van der Waals surface area contributed by atoms with Crippen LogP contribution in [0.1, 0.15) is 11.1 Å². The summed E-state index contributed by atoms with van der Waals surface area (Å²) >= 11 is 4.56. The Kier molecular flexibility index (Phi) is 4.57. The molecule has 4 nitrogen and oxygen atoms in total. The van der Waals surface area contributed by atoms with Crippen LogP contribution in [0.25, 0.3) is 11.3 Å². The SMILES string of the molecule is Cc1cccc(NC(S)Nc2ccc(-c3cnco3)c(C)c2)c1. The Morgan fingerprint density at radius 2 is 1.83 bits per heavy atom. The molecule has 0 aliphatic heterocycles. The van der Waals surface area contributed by atoms with Gasteiger partial charge in [-0.1, -0.05) is 12.1 Å². The Labute approximate surface area is 141 Å². The van der Waals surface area contributed by atoms with E-state index in [1.54, 1.807) is 6.20 Å². The van der Waals surface area contributed by atoms with Crippen LogP contribution < -0.4 is 10.6 Å². The first-order chi connectivity index (χ1) is 11.1. The van der Waals surface area contributed by atoms with Gasteiger partial charge < -0.3 is 15.1 Å². The second-order valence-corrected chi connectivity index (χ2v) is 5.97. The molecule has 0 saturated carbocycles. The second-order valence-electron chi connectivity index (χ2n) is 5.46. The van der Waals surface area contributed by atoms with Crippen molar-refractivity contribution >= 4 is 24.0 Å². The van der Waals surface area contributed by atoms with Gasteiger partial charge in [0.2, 0.25) is 0 Å². The summed E-state index contributed by atoms with van der Waals surface area (Å²) in [6, 6.07) is 14.3. The Hall–Kier alpha value is -2.40. The number of anilines is 2. The highest BCUT2D eigenvalue weighted by Crippen LogP contribution is 2.26. The standard InChI is InChI=1S/C18H19N3OS/c1-12-4-3-5-14(8-12)20-18(23)21-15-6-7-16(13(2)9-15)17-10-19-11-22-17/h3-11,18,20-21,23H,1-2H3. The minimum Gasteiger partial charge on any atom is -0.444 e. The van der Waals surface area contributed by atoms with Crippen molar-refractivity contribution in [3.8, 4) is 11.3 Å².